The fraction of sp³-hybridized carbons (Fsp3) is 0.235. The first kappa shape index (κ1) is 12.6. The van der Waals surface area contributed by atoms with E-state index in [1.54, 1.807) is 0 Å². The molecule has 1 aromatic carbocycles. The first-order chi connectivity index (χ1) is 8.77. The SMILES string of the molecule is C/C=C(C)\C(=C/CC)c1nccc2ccccc12. The number of hydrogen-bond donors (Lipinski definition) is 0. The van der Waals surface area contributed by atoms with Gasteiger partial charge >= 0.3 is 0 Å². The number of allylic oxidation sites excluding steroid dienone is 4. The van der Waals surface area contributed by atoms with E-state index in [1.165, 1.54) is 21.9 Å². The normalized spacial score (nSPS) is 13.1. The molecule has 92 valence electrons. The fourth-order valence-electron chi connectivity index (χ4n) is 2.14. The Morgan fingerprint density at radius 3 is 2.72 bits per heavy atom. The molecule has 0 atom stereocenters. The fourth-order valence-corrected chi connectivity index (χ4v) is 2.14. The Hall–Kier alpha value is -1.89. The predicted molar refractivity (Wildman–Crippen MR) is 79.4 cm³/mol. The number of pyridine rings is 1. The van der Waals surface area contributed by atoms with Gasteiger partial charge in [-0.2, -0.15) is 0 Å². The minimum atomic E-state index is 1.02. The average Bonchev–Trinajstić information content (AvgIpc) is 2.43. The first-order valence-corrected chi connectivity index (χ1v) is 6.45. The van der Waals surface area contributed by atoms with Gasteiger partial charge in [-0.1, -0.05) is 43.3 Å². The summed E-state index contributed by atoms with van der Waals surface area (Å²) in [4.78, 5) is 4.59. The van der Waals surface area contributed by atoms with Crippen LogP contribution in [0.25, 0.3) is 16.3 Å². The summed E-state index contributed by atoms with van der Waals surface area (Å²) < 4.78 is 0. The van der Waals surface area contributed by atoms with Crippen molar-refractivity contribution in [3.63, 3.8) is 0 Å². The van der Waals surface area contributed by atoms with E-state index in [-0.39, 0.29) is 0 Å². The molecule has 0 N–H and O–H groups in total. The topological polar surface area (TPSA) is 12.9 Å². The Balaban J connectivity index is 2.69. The lowest BCUT2D eigenvalue weighted by Crippen LogP contribution is -1.93. The molecular formula is C17H19N. The lowest BCUT2D eigenvalue weighted by atomic mass is 9.98. The molecule has 0 amide bonds. The Morgan fingerprint density at radius 2 is 2.00 bits per heavy atom. The van der Waals surface area contributed by atoms with Crippen LogP contribution in [0.15, 0.2) is 54.3 Å². The van der Waals surface area contributed by atoms with Crippen LogP contribution in [0.5, 0.6) is 0 Å². The van der Waals surface area contributed by atoms with E-state index in [1.807, 2.05) is 6.20 Å². The minimum Gasteiger partial charge on any atom is -0.256 e. The summed E-state index contributed by atoms with van der Waals surface area (Å²) in [5, 5.41) is 2.47. The van der Waals surface area contributed by atoms with Crippen molar-refractivity contribution in [1.29, 1.82) is 0 Å². The highest BCUT2D eigenvalue weighted by Crippen LogP contribution is 2.28. The molecule has 0 saturated heterocycles. The van der Waals surface area contributed by atoms with Crippen LogP contribution in [0.1, 0.15) is 32.9 Å². The summed E-state index contributed by atoms with van der Waals surface area (Å²) in [5.41, 5.74) is 3.61. The minimum absolute atomic E-state index is 1.02. The van der Waals surface area contributed by atoms with Crippen LogP contribution in [0.4, 0.5) is 0 Å². The number of aromatic nitrogens is 1. The molecule has 1 aromatic heterocycles. The van der Waals surface area contributed by atoms with E-state index >= 15 is 0 Å². The Morgan fingerprint density at radius 1 is 1.22 bits per heavy atom. The van der Waals surface area contributed by atoms with Crippen molar-refractivity contribution in [3.05, 3.63) is 59.9 Å². The zero-order valence-electron chi connectivity index (χ0n) is 11.3. The van der Waals surface area contributed by atoms with Gasteiger partial charge in [-0.05, 0) is 42.9 Å². The molecule has 2 rings (SSSR count). The third kappa shape index (κ3) is 2.35. The molecule has 0 fully saturated rings. The lowest BCUT2D eigenvalue weighted by Gasteiger charge is -2.10. The average molecular weight is 237 g/mol. The Labute approximate surface area is 109 Å². The van der Waals surface area contributed by atoms with Crippen LogP contribution in [0.3, 0.4) is 0 Å². The first-order valence-electron chi connectivity index (χ1n) is 6.45. The van der Waals surface area contributed by atoms with Crippen LogP contribution in [-0.4, -0.2) is 4.98 Å². The lowest BCUT2D eigenvalue weighted by molar-refractivity contribution is 1.20. The second kappa shape index (κ2) is 5.63. The van der Waals surface area contributed by atoms with Crippen molar-refractivity contribution in [1.82, 2.24) is 4.98 Å². The molecular weight excluding hydrogens is 218 g/mol. The molecule has 18 heavy (non-hydrogen) atoms. The molecule has 0 unspecified atom stereocenters. The molecule has 0 bridgehead atoms. The van der Waals surface area contributed by atoms with E-state index in [2.05, 4.69) is 68.2 Å². The van der Waals surface area contributed by atoms with Crippen LogP contribution >= 0.6 is 0 Å². The van der Waals surface area contributed by atoms with Gasteiger partial charge in [-0.25, -0.2) is 0 Å². The summed E-state index contributed by atoms with van der Waals surface area (Å²) in [6.07, 6.45) is 7.31. The second-order valence-electron chi connectivity index (χ2n) is 4.38. The van der Waals surface area contributed by atoms with Crippen molar-refractivity contribution < 1.29 is 0 Å². The Bertz CT molecular complexity index is 601. The third-order valence-corrected chi connectivity index (χ3v) is 3.19. The van der Waals surface area contributed by atoms with Gasteiger partial charge in [0.25, 0.3) is 0 Å². The molecule has 1 heterocycles. The summed E-state index contributed by atoms with van der Waals surface area (Å²) in [7, 11) is 0. The second-order valence-corrected chi connectivity index (χ2v) is 4.38. The van der Waals surface area contributed by atoms with Gasteiger partial charge < -0.3 is 0 Å². The van der Waals surface area contributed by atoms with Crippen LogP contribution in [0.2, 0.25) is 0 Å². The van der Waals surface area contributed by atoms with E-state index in [9.17, 15) is 0 Å². The van der Waals surface area contributed by atoms with Crippen LogP contribution in [-0.2, 0) is 0 Å². The highest BCUT2D eigenvalue weighted by molar-refractivity contribution is 5.95. The monoisotopic (exact) mass is 237 g/mol. The zero-order chi connectivity index (χ0) is 13.0. The van der Waals surface area contributed by atoms with Gasteiger partial charge in [0.1, 0.15) is 0 Å². The van der Waals surface area contributed by atoms with E-state index in [0.29, 0.717) is 0 Å². The van der Waals surface area contributed by atoms with Crippen molar-refractivity contribution in [3.8, 4) is 0 Å². The molecule has 1 heteroatoms. The maximum atomic E-state index is 4.59. The number of nitrogens with zero attached hydrogens (tertiary/aromatic N) is 1. The molecule has 0 spiro atoms. The summed E-state index contributed by atoms with van der Waals surface area (Å²) in [6.45, 7) is 6.38. The quantitative estimate of drug-likeness (QED) is 0.685. The highest BCUT2D eigenvalue weighted by Gasteiger charge is 2.08. The smallest absolute Gasteiger partial charge is 0.0779 e. The largest absolute Gasteiger partial charge is 0.256 e. The van der Waals surface area contributed by atoms with Gasteiger partial charge in [-0.15, -0.1) is 0 Å². The molecule has 0 aliphatic rings. The number of rotatable bonds is 3. The number of hydrogen-bond acceptors (Lipinski definition) is 1. The molecule has 1 nitrogen and oxygen atoms in total. The van der Waals surface area contributed by atoms with E-state index < -0.39 is 0 Å². The van der Waals surface area contributed by atoms with Gasteiger partial charge in [0.15, 0.2) is 0 Å². The summed E-state index contributed by atoms with van der Waals surface area (Å²) in [6, 6.07) is 10.5. The maximum Gasteiger partial charge on any atom is 0.0779 e. The van der Waals surface area contributed by atoms with Gasteiger partial charge in [0, 0.05) is 11.6 Å². The summed E-state index contributed by atoms with van der Waals surface area (Å²) >= 11 is 0. The Kier molecular flexibility index (Phi) is 3.93. The maximum absolute atomic E-state index is 4.59. The highest BCUT2D eigenvalue weighted by atomic mass is 14.7. The number of benzene rings is 1. The van der Waals surface area contributed by atoms with E-state index in [0.717, 1.165) is 12.1 Å². The molecule has 0 aliphatic heterocycles. The van der Waals surface area contributed by atoms with Crippen molar-refractivity contribution >= 4 is 16.3 Å². The standard InChI is InChI=1S/C17H19N/c1-4-8-15(13(3)5-2)17-16-10-7-6-9-14(16)11-12-18-17/h5-12H,4H2,1-3H3/b13-5-,15-8+. The molecule has 0 aliphatic carbocycles. The van der Waals surface area contributed by atoms with Crippen LogP contribution < -0.4 is 0 Å². The van der Waals surface area contributed by atoms with Crippen molar-refractivity contribution in [2.45, 2.75) is 27.2 Å². The van der Waals surface area contributed by atoms with Gasteiger partial charge in [0.2, 0.25) is 0 Å². The molecule has 0 radical (unpaired) electrons. The third-order valence-electron chi connectivity index (χ3n) is 3.19. The number of fused-ring (bicyclic) bond motifs is 1. The van der Waals surface area contributed by atoms with Gasteiger partial charge in [-0.3, -0.25) is 4.98 Å². The van der Waals surface area contributed by atoms with Crippen molar-refractivity contribution in [2.75, 3.05) is 0 Å². The van der Waals surface area contributed by atoms with Crippen LogP contribution in [0, 0.1) is 0 Å². The van der Waals surface area contributed by atoms with Gasteiger partial charge in [0.05, 0.1) is 5.69 Å². The zero-order valence-corrected chi connectivity index (χ0v) is 11.3. The molecule has 2 aromatic rings. The predicted octanol–water partition coefficient (Wildman–Crippen LogP) is 4.99. The van der Waals surface area contributed by atoms with Crippen molar-refractivity contribution in [2.24, 2.45) is 0 Å². The summed E-state index contributed by atoms with van der Waals surface area (Å²) in [5.74, 6) is 0. The van der Waals surface area contributed by atoms with E-state index in [4.69, 9.17) is 0 Å². The molecule has 0 saturated carbocycles.